The number of rotatable bonds is 6. The molecule has 0 fully saturated rings. The molecular formula is C27H30N4O3. The fraction of sp³-hybridized carbons (Fsp3) is 0.259. The number of carbonyl (C=O) groups is 2. The van der Waals surface area contributed by atoms with Gasteiger partial charge in [-0.3, -0.25) is 4.79 Å². The van der Waals surface area contributed by atoms with Gasteiger partial charge in [-0.2, -0.15) is 0 Å². The first-order valence-electron chi connectivity index (χ1n) is 11.4. The molecule has 3 aromatic rings. The molecule has 3 amide bonds. The average Bonchev–Trinajstić information content (AvgIpc) is 2.83. The summed E-state index contributed by atoms with van der Waals surface area (Å²) in [4.78, 5) is 28.0. The summed E-state index contributed by atoms with van der Waals surface area (Å²) in [5.74, 6) is 0.396. The van der Waals surface area contributed by atoms with Gasteiger partial charge in [-0.05, 0) is 61.7 Å². The fourth-order valence-corrected chi connectivity index (χ4v) is 4.15. The number of fused-ring (bicyclic) bond motifs is 1. The molecule has 0 aromatic heterocycles. The number of hydrogen-bond acceptors (Lipinski definition) is 4. The third-order valence-electron chi connectivity index (χ3n) is 5.75. The Morgan fingerprint density at radius 1 is 0.941 bits per heavy atom. The summed E-state index contributed by atoms with van der Waals surface area (Å²) < 4.78 is 5.29. The van der Waals surface area contributed by atoms with Crippen molar-refractivity contribution < 1.29 is 14.3 Å². The van der Waals surface area contributed by atoms with E-state index >= 15 is 0 Å². The van der Waals surface area contributed by atoms with Crippen molar-refractivity contribution in [1.82, 2.24) is 5.32 Å². The SMILES string of the molecule is COc1ccccc1NC(=O)Nc1ccc(N2CCc3ccccc3C2)c(C(=O)NC(C)C)c1. The maximum Gasteiger partial charge on any atom is 0.323 e. The van der Waals surface area contributed by atoms with Crippen molar-refractivity contribution in [3.63, 3.8) is 0 Å². The number of ether oxygens (including phenoxy) is 1. The quantitative estimate of drug-likeness (QED) is 0.483. The van der Waals surface area contributed by atoms with Crippen molar-refractivity contribution in [2.45, 2.75) is 32.9 Å². The van der Waals surface area contributed by atoms with E-state index in [9.17, 15) is 9.59 Å². The molecule has 3 aromatic carbocycles. The number of carbonyl (C=O) groups excluding carboxylic acids is 2. The van der Waals surface area contributed by atoms with Crippen LogP contribution in [-0.2, 0) is 13.0 Å². The van der Waals surface area contributed by atoms with Crippen LogP contribution >= 0.6 is 0 Å². The Kier molecular flexibility index (Phi) is 7.01. The van der Waals surface area contributed by atoms with Gasteiger partial charge in [0.15, 0.2) is 0 Å². The first-order valence-corrected chi connectivity index (χ1v) is 11.4. The van der Waals surface area contributed by atoms with Gasteiger partial charge in [0.05, 0.1) is 18.4 Å². The summed E-state index contributed by atoms with van der Waals surface area (Å²) in [6.07, 6.45) is 0.919. The van der Waals surface area contributed by atoms with E-state index in [1.54, 1.807) is 25.3 Å². The summed E-state index contributed by atoms with van der Waals surface area (Å²) in [6.45, 7) is 5.41. The highest BCUT2D eigenvalue weighted by Gasteiger charge is 2.22. The van der Waals surface area contributed by atoms with Gasteiger partial charge >= 0.3 is 6.03 Å². The van der Waals surface area contributed by atoms with Gasteiger partial charge in [0.1, 0.15) is 5.75 Å². The summed E-state index contributed by atoms with van der Waals surface area (Å²) >= 11 is 0. The number of benzene rings is 3. The van der Waals surface area contributed by atoms with Crippen LogP contribution in [0.3, 0.4) is 0 Å². The lowest BCUT2D eigenvalue weighted by molar-refractivity contribution is 0.0943. The lowest BCUT2D eigenvalue weighted by atomic mass is 9.98. The molecule has 3 N–H and O–H groups in total. The number of amides is 3. The van der Waals surface area contributed by atoms with Gasteiger partial charge < -0.3 is 25.6 Å². The van der Waals surface area contributed by atoms with Crippen LogP contribution in [0.15, 0.2) is 66.7 Å². The topological polar surface area (TPSA) is 82.7 Å². The summed E-state index contributed by atoms with van der Waals surface area (Å²) in [5.41, 5.74) is 5.08. The second kappa shape index (κ2) is 10.3. The Morgan fingerprint density at radius 2 is 1.68 bits per heavy atom. The number of urea groups is 1. The molecule has 7 heteroatoms. The highest BCUT2D eigenvalue weighted by molar-refractivity contribution is 6.04. The number of hydrogen-bond donors (Lipinski definition) is 3. The molecule has 176 valence electrons. The molecule has 0 atom stereocenters. The normalized spacial score (nSPS) is 12.6. The minimum Gasteiger partial charge on any atom is -0.495 e. The van der Waals surface area contributed by atoms with Gasteiger partial charge in [0.25, 0.3) is 5.91 Å². The molecule has 0 unspecified atom stereocenters. The fourth-order valence-electron chi connectivity index (χ4n) is 4.15. The van der Waals surface area contributed by atoms with Crippen LogP contribution in [0.2, 0.25) is 0 Å². The van der Waals surface area contributed by atoms with Crippen molar-refractivity contribution in [1.29, 1.82) is 0 Å². The van der Waals surface area contributed by atoms with Crippen LogP contribution in [0.4, 0.5) is 21.9 Å². The predicted octanol–water partition coefficient (Wildman–Crippen LogP) is 5.04. The molecule has 1 aliphatic rings. The van der Waals surface area contributed by atoms with Crippen molar-refractivity contribution in [2.24, 2.45) is 0 Å². The minimum atomic E-state index is -0.417. The van der Waals surface area contributed by atoms with Gasteiger partial charge in [-0.25, -0.2) is 4.79 Å². The molecule has 0 aliphatic carbocycles. The molecule has 0 radical (unpaired) electrons. The molecule has 34 heavy (non-hydrogen) atoms. The smallest absolute Gasteiger partial charge is 0.323 e. The second-order valence-corrected chi connectivity index (χ2v) is 8.58. The van der Waals surface area contributed by atoms with Crippen LogP contribution < -0.4 is 25.6 Å². The standard InChI is InChI=1S/C27H30N4O3/c1-18(2)28-26(32)22-16-21(29-27(33)30-23-10-6-7-11-25(23)34-3)12-13-24(22)31-15-14-19-8-4-5-9-20(19)17-31/h4-13,16,18H,14-15,17H2,1-3H3,(H,28,32)(H2,29,30,33). The molecule has 4 rings (SSSR count). The Hall–Kier alpha value is -4.00. The first-order chi connectivity index (χ1) is 16.4. The third kappa shape index (κ3) is 5.31. The maximum atomic E-state index is 13.1. The van der Waals surface area contributed by atoms with Gasteiger partial charge in [0.2, 0.25) is 0 Å². The second-order valence-electron chi connectivity index (χ2n) is 8.58. The highest BCUT2D eigenvalue weighted by atomic mass is 16.5. The molecule has 7 nitrogen and oxygen atoms in total. The summed E-state index contributed by atoms with van der Waals surface area (Å²) in [6, 6.07) is 20.6. The van der Waals surface area contributed by atoms with E-state index in [-0.39, 0.29) is 11.9 Å². The number of nitrogens with one attached hydrogen (secondary N) is 3. The van der Waals surface area contributed by atoms with E-state index in [2.05, 4.69) is 39.0 Å². The van der Waals surface area contributed by atoms with E-state index < -0.39 is 6.03 Å². The summed E-state index contributed by atoms with van der Waals surface area (Å²) in [5, 5.41) is 8.61. The van der Waals surface area contributed by atoms with Crippen molar-refractivity contribution >= 4 is 29.0 Å². The minimum absolute atomic E-state index is 0.00658. The van der Waals surface area contributed by atoms with Gasteiger partial charge in [-0.1, -0.05) is 36.4 Å². The number of methoxy groups -OCH3 is 1. The molecule has 0 bridgehead atoms. The van der Waals surface area contributed by atoms with Crippen LogP contribution in [0.1, 0.15) is 35.3 Å². The zero-order valence-corrected chi connectivity index (χ0v) is 19.7. The largest absolute Gasteiger partial charge is 0.495 e. The lowest BCUT2D eigenvalue weighted by Gasteiger charge is -2.32. The van der Waals surface area contributed by atoms with Crippen molar-refractivity contribution in [3.05, 3.63) is 83.4 Å². The van der Waals surface area contributed by atoms with Gasteiger partial charge in [-0.15, -0.1) is 0 Å². The van der Waals surface area contributed by atoms with Crippen molar-refractivity contribution in [2.75, 3.05) is 29.2 Å². The van der Waals surface area contributed by atoms with Crippen LogP contribution in [-0.4, -0.2) is 31.6 Å². The molecule has 0 saturated heterocycles. The van der Waals surface area contributed by atoms with E-state index in [4.69, 9.17) is 4.74 Å². The number of nitrogens with zero attached hydrogens (tertiary/aromatic N) is 1. The third-order valence-corrected chi connectivity index (χ3v) is 5.75. The van der Waals surface area contributed by atoms with Crippen LogP contribution in [0.25, 0.3) is 0 Å². The Morgan fingerprint density at radius 3 is 2.44 bits per heavy atom. The molecule has 0 spiro atoms. The van der Waals surface area contributed by atoms with E-state index in [0.717, 1.165) is 25.2 Å². The monoisotopic (exact) mass is 458 g/mol. The summed E-state index contributed by atoms with van der Waals surface area (Å²) in [7, 11) is 1.55. The lowest BCUT2D eigenvalue weighted by Crippen LogP contribution is -2.35. The predicted molar refractivity (Wildman–Crippen MR) is 136 cm³/mol. The zero-order chi connectivity index (χ0) is 24.1. The molecule has 1 heterocycles. The van der Waals surface area contributed by atoms with Gasteiger partial charge in [0, 0.05) is 30.5 Å². The van der Waals surface area contributed by atoms with Crippen molar-refractivity contribution in [3.8, 4) is 5.75 Å². The number of para-hydroxylation sites is 2. The Bertz CT molecular complexity index is 1190. The van der Waals surface area contributed by atoms with E-state index in [1.165, 1.54) is 11.1 Å². The Balaban J connectivity index is 1.58. The molecule has 0 saturated carbocycles. The number of anilines is 3. The molecule has 1 aliphatic heterocycles. The Labute approximate surface area is 200 Å². The molecular weight excluding hydrogens is 428 g/mol. The van der Waals surface area contributed by atoms with E-state index in [1.807, 2.05) is 44.2 Å². The maximum absolute atomic E-state index is 13.1. The van der Waals surface area contributed by atoms with Crippen LogP contribution in [0, 0.1) is 0 Å². The zero-order valence-electron chi connectivity index (χ0n) is 19.7. The first kappa shape index (κ1) is 23.2. The average molecular weight is 459 g/mol. The van der Waals surface area contributed by atoms with E-state index in [0.29, 0.717) is 22.7 Å². The highest BCUT2D eigenvalue weighted by Crippen LogP contribution is 2.30. The van der Waals surface area contributed by atoms with Crippen LogP contribution in [0.5, 0.6) is 5.75 Å².